The second-order valence-corrected chi connectivity index (χ2v) is 8.41. The van der Waals surface area contributed by atoms with Crippen LogP contribution < -0.4 is 14.8 Å². The summed E-state index contributed by atoms with van der Waals surface area (Å²) in [6.45, 7) is 5.51. The van der Waals surface area contributed by atoms with Gasteiger partial charge in [0.05, 0.1) is 28.9 Å². The van der Waals surface area contributed by atoms with Crippen molar-refractivity contribution in [3.8, 4) is 17.6 Å². The summed E-state index contributed by atoms with van der Waals surface area (Å²) >= 11 is 0. The van der Waals surface area contributed by atoms with Crippen molar-refractivity contribution in [3.63, 3.8) is 0 Å². The molecule has 2 N–H and O–H groups in total. The third-order valence-corrected chi connectivity index (χ3v) is 5.72. The Labute approximate surface area is 216 Å². The number of allylic oxidation sites excluding steroid dienone is 1. The number of nitrogens with one attached hydrogen (secondary N) is 2. The summed E-state index contributed by atoms with van der Waals surface area (Å²) < 4.78 is 51.5. The third kappa shape index (κ3) is 5.62. The predicted molar refractivity (Wildman–Crippen MR) is 137 cm³/mol. The predicted octanol–water partition coefficient (Wildman–Crippen LogP) is 6.08. The van der Waals surface area contributed by atoms with E-state index in [-0.39, 0.29) is 5.75 Å². The Morgan fingerprint density at radius 3 is 2.55 bits per heavy atom. The fraction of sp³-hybridized carbons (Fsp3) is 0.179. The molecule has 0 aliphatic rings. The first-order valence-electron chi connectivity index (χ1n) is 11.6. The Balaban J connectivity index is 1.53. The molecule has 38 heavy (non-hydrogen) atoms. The van der Waals surface area contributed by atoms with E-state index < -0.39 is 35.7 Å². The van der Waals surface area contributed by atoms with Gasteiger partial charge in [0.2, 0.25) is 0 Å². The van der Waals surface area contributed by atoms with Crippen LogP contribution in [0.4, 0.5) is 18.9 Å². The fourth-order valence-corrected chi connectivity index (χ4v) is 3.67. The summed E-state index contributed by atoms with van der Waals surface area (Å²) in [5.74, 6) is -4.39. The normalized spacial score (nSPS) is 11.3. The number of rotatable bonds is 8. The van der Waals surface area contributed by atoms with Crippen LogP contribution in [0.3, 0.4) is 0 Å². The highest BCUT2D eigenvalue weighted by Crippen LogP contribution is 2.31. The average molecular weight is 521 g/mol. The smallest absolute Gasteiger partial charge is 0.262 e. The molecule has 0 fully saturated rings. The molecule has 4 aromatic rings. The van der Waals surface area contributed by atoms with Crippen LogP contribution in [0.1, 0.15) is 29.4 Å². The van der Waals surface area contributed by atoms with Crippen molar-refractivity contribution in [2.75, 3.05) is 18.5 Å². The molecule has 0 radical (unpaired) electrons. The van der Waals surface area contributed by atoms with Gasteiger partial charge in [-0.25, -0.2) is 18.2 Å². The Kier molecular flexibility index (Phi) is 7.67. The van der Waals surface area contributed by atoms with Crippen molar-refractivity contribution >= 4 is 34.3 Å². The Morgan fingerprint density at radius 1 is 1.05 bits per heavy atom. The molecule has 0 aliphatic carbocycles. The minimum absolute atomic E-state index is 0.220. The van der Waals surface area contributed by atoms with Gasteiger partial charge < -0.3 is 19.8 Å². The van der Waals surface area contributed by atoms with Crippen molar-refractivity contribution < 1.29 is 27.4 Å². The van der Waals surface area contributed by atoms with Gasteiger partial charge in [-0.15, -0.1) is 0 Å². The maximum Gasteiger partial charge on any atom is 0.262 e. The molecular weight excluding hydrogens is 497 g/mol. The molecule has 0 atom stereocenters. The third-order valence-electron chi connectivity index (χ3n) is 5.72. The first kappa shape index (κ1) is 26.3. The minimum atomic E-state index is -1.68. The summed E-state index contributed by atoms with van der Waals surface area (Å²) in [7, 11) is 0. The first-order chi connectivity index (χ1) is 18.2. The van der Waals surface area contributed by atoms with Crippen LogP contribution in [-0.2, 0) is 4.79 Å². The number of imidazole rings is 1. The van der Waals surface area contributed by atoms with Crippen LogP contribution in [0.5, 0.6) is 11.5 Å². The maximum atomic E-state index is 13.8. The van der Waals surface area contributed by atoms with Crippen LogP contribution in [0.2, 0.25) is 0 Å². The van der Waals surface area contributed by atoms with E-state index in [0.717, 1.165) is 28.2 Å². The van der Waals surface area contributed by atoms with Gasteiger partial charge >= 0.3 is 0 Å². The quantitative estimate of drug-likeness (QED) is 0.217. The van der Waals surface area contributed by atoms with E-state index in [0.29, 0.717) is 35.4 Å². The number of carbonyl (C=O) groups excluding carboxylic acids is 1. The van der Waals surface area contributed by atoms with E-state index in [1.807, 2.05) is 26.0 Å². The Morgan fingerprint density at radius 2 is 1.82 bits per heavy atom. The molecule has 7 nitrogen and oxygen atoms in total. The number of anilines is 1. The molecule has 0 unspecified atom stereocenters. The van der Waals surface area contributed by atoms with E-state index in [4.69, 9.17) is 9.47 Å². The number of ether oxygens (including phenoxy) is 2. The van der Waals surface area contributed by atoms with Gasteiger partial charge in [0.15, 0.2) is 35.6 Å². The zero-order chi connectivity index (χ0) is 27.4. The standard InChI is InChI=1S/C28H23F3N4O3/c1-4-37-24-12-17(11-18(13-32)28-34-21-9-15(2)16(3)10-22(21)35-28)5-8-23(24)38-14-25(36)33-20-7-6-19(29)26(30)27(20)31/h5-12H,4,14H2,1-3H3,(H,33,36)(H,34,35)/b18-11+. The molecule has 0 saturated heterocycles. The molecule has 0 aliphatic heterocycles. The number of nitrogens with zero attached hydrogens (tertiary/aromatic N) is 2. The van der Waals surface area contributed by atoms with Crippen molar-refractivity contribution in [2.24, 2.45) is 0 Å². The number of hydrogen-bond donors (Lipinski definition) is 2. The van der Waals surface area contributed by atoms with E-state index in [2.05, 4.69) is 21.4 Å². The molecule has 3 aromatic carbocycles. The highest BCUT2D eigenvalue weighted by molar-refractivity contribution is 5.92. The lowest BCUT2D eigenvalue weighted by Crippen LogP contribution is -2.21. The number of nitriles is 1. The van der Waals surface area contributed by atoms with Crippen LogP contribution in [0.15, 0.2) is 42.5 Å². The summed E-state index contributed by atoms with van der Waals surface area (Å²) in [6.07, 6.45) is 1.64. The van der Waals surface area contributed by atoms with Gasteiger partial charge in [-0.3, -0.25) is 4.79 Å². The number of amides is 1. The zero-order valence-electron chi connectivity index (χ0n) is 20.8. The summed E-state index contributed by atoms with van der Waals surface area (Å²) in [4.78, 5) is 19.9. The summed E-state index contributed by atoms with van der Waals surface area (Å²) in [5.41, 5.74) is 4.20. The second kappa shape index (κ2) is 11.1. The van der Waals surface area contributed by atoms with Gasteiger partial charge in [0.25, 0.3) is 5.91 Å². The van der Waals surface area contributed by atoms with E-state index in [9.17, 15) is 23.2 Å². The number of benzene rings is 3. The number of H-pyrrole nitrogens is 1. The SMILES string of the molecule is CCOc1cc(/C=C(\C#N)c2nc3cc(C)c(C)cc3[nH]2)ccc1OCC(=O)Nc1ccc(F)c(F)c1F. The Hall–Kier alpha value is -4.78. The molecule has 10 heteroatoms. The molecule has 1 aromatic heterocycles. The molecule has 0 spiro atoms. The minimum Gasteiger partial charge on any atom is -0.490 e. The molecule has 1 heterocycles. The highest BCUT2D eigenvalue weighted by atomic mass is 19.2. The fourth-order valence-electron chi connectivity index (χ4n) is 3.67. The average Bonchev–Trinajstić information content (AvgIpc) is 3.29. The number of fused-ring (bicyclic) bond motifs is 1. The number of aryl methyl sites for hydroxylation is 2. The monoisotopic (exact) mass is 520 g/mol. The van der Waals surface area contributed by atoms with Gasteiger partial charge in [0.1, 0.15) is 11.9 Å². The zero-order valence-corrected chi connectivity index (χ0v) is 20.8. The highest BCUT2D eigenvalue weighted by Gasteiger charge is 2.16. The van der Waals surface area contributed by atoms with Crippen molar-refractivity contribution in [2.45, 2.75) is 20.8 Å². The molecule has 0 bridgehead atoms. The molecule has 4 rings (SSSR count). The van der Waals surface area contributed by atoms with Crippen molar-refractivity contribution in [1.82, 2.24) is 9.97 Å². The second-order valence-electron chi connectivity index (χ2n) is 8.41. The van der Waals surface area contributed by atoms with Gasteiger partial charge in [-0.2, -0.15) is 5.26 Å². The van der Waals surface area contributed by atoms with Gasteiger partial charge in [-0.1, -0.05) is 6.07 Å². The largest absolute Gasteiger partial charge is 0.490 e. The Bertz CT molecular complexity index is 1570. The van der Waals surface area contributed by atoms with Crippen LogP contribution in [0.25, 0.3) is 22.7 Å². The van der Waals surface area contributed by atoms with E-state index in [1.165, 1.54) is 0 Å². The molecule has 194 valence electrons. The van der Waals surface area contributed by atoms with Crippen LogP contribution in [-0.4, -0.2) is 29.1 Å². The number of aromatic nitrogens is 2. The molecular formula is C28H23F3N4O3. The van der Waals surface area contributed by atoms with E-state index in [1.54, 1.807) is 31.2 Å². The van der Waals surface area contributed by atoms with E-state index >= 15 is 0 Å². The summed E-state index contributed by atoms with van der Waals surface area (Å²) in [5, 5.41) is 11.9. The summed E-state index contributed by atoms with van der Waals surface area (Å²) in [6, 6.07) is 12.6. The topological polar surface area (TPSA) is 100 Å². The van der Waals surface area contributed by atoms with Crippen LogP contribution in [0, 0.1) is 42.6 Å². The van der Waals surface area contributed by atoms with Gasteiger partial charge in [0, 0.05) is 0 Å². The first-order valence-corrected chi connectivity index (χ1v) is 11.6. The lowest BCUT2D eigenvalue weighted by atomic mass is 10.1. The van der Waals surface area contributed by atoms with Gasteiger partial charge in [-0.05, 0) is 79.9 Å². The van der Waals surface area contributed by atoms with Crippen LogP contribution >= 0.6 is 0 Å². The molecule has 1 amide bonds. The van der Waals surface area contributed by atoms with Crippen molar-refractivity contribution in [1.29, 1.82) is 5.26 Å². The lowest BCUT2D eigenvalue weighted by Gasteiger charge is -2.13. The number of hydrogen-bond acceptors (Lipinski definition) is 5. The maximum absolute atomic E-state index is 13.8. The number of halogens is 3. The lowest BCUT2D eigenvalue weighted by molar-refractivity contribution is -0.118. The molecule has 0 saturated carbocycles. The number of carbonyl (C=O) groups is 1. The number of aromatic amines is 1. The van der Waals surface area contributed by atoms with Crippen molar-refractivity contribution in [3.05, 3.63) is 82.4 Å².